The van der Waals surface area contributed by atoms with E-state index in [1.165, 1.54) is 13.5 Å². The lowest BCUT2D eigenvalue weighted by atomic mass is 9.94. The van der Waals surface area contributed by atoms with Crippen molar-refractivity contribution < 1.29 is 19.0 Å². The highest BCUT2D eigenvalue weighted by atomic mass is 16.8. The Bertz CT molecular complexity index is 520. The summed E-state index contributed by atoms with van der Waals surface area (Å²) in [5.74, 6) is -0.963. The van der Waals surface area contributed by atoms with Gasteiger partial charge >= 0.3 is 5.97 Å². The molecule has 2 unspecified atom stereocenters. The Balaban J connectivity index is 0.000000924. The van der Waals surface area contributed by atoms with Crippen molar-refractivity contribution >= 4 is 5.97 Å². The number of methoxy groups -OCH3 is 1. The van der Waals surface area contributed by atoms with Crippen molar-refractivity contribution in [1.82, 2.24) is 0 Å². The van der Waals surface area contributed by atoms with Gasteiger partial charge in [0.15, 0.2) is 11.9 Å². The number of benzene rings is 1. The Hall–Kier alpha value is -1.39. The van der Waals surface area contributed by atoms with Gasteiger partial charge in [0.25, 0.3) is 0 Å². The predicted molar refractivity (Wildman–Crippen MR) is 89.1 cm³/mol. The van der Waals surface area contributed by atoms with Gasteiger partial charge in [0.05, 0.1) is 7.11 Å². The SMILES string of the molecule is CC.COC(=O)C1OC2(CCCCC2)OC1c1ccccc1C. The molecule has 4 nitrogen and oxygen atoms in total. The van der Waals surface area contributed by atoms with E-state index in [4.69, 9.17) is 14.2 Å². The number of hydrogen-bond acceptors (Lipinski definition) is 4. The molecule has 1 heterocycles. The number of ether oxygens (including phenoxy) is 3. The Morgan fingerprint density at radius 1 is 1.13 bits per heavy atom. The molecule has 1 aliphatic carbocycles. The van der Waals surface area contributed by atoms with E-state index in [0.29, 0.717) is 0 Å². The summed E-state index contributed by atoms with van der Waals surface area (Å²) in [6.45, 7) is 6.03. The zero-order valence-electron chi connectivity index (χ0n) is 14.6. The van der Waals surface area contributed by atoms with Crippen LogP contribution in [0.2, 0.25) is 0 Å². The smallest absolute Gasteiger partial charge is 0.338 e. The first-order valence-electron chi connectivity index (χ1n) is 8.64. The molecule has 2 atom stereocenters. The molecule has 1 saturated carbocycles. The van der Waals surface area contributed by atoms with Crippen LogP contribution in [0.1, 0.15) is 63.2 Å². The molecule has 128 valence electrons. The van der Waals surface area contributed by atoms with E-state index in [1.54, 1.807) is 0 Å². The standard InChI is InChI=1S/C17H22O4.C2H6/c1-12-8-4-5-9-13(12)14-15(16(18)19-2)21-17(20-14)10-6-3-7-11-17;1-2/h4-5,8-9,14-15H,3,6-7,10-11H2,1-2H3;1-2H3. The van der Waals surface area contributed by atoms with Gasteiger partial charge in [-0.1, -0.05) is 44.5 Å². The molecule has 0 radical (unpaired) electrons. The Labute approximate surface area is 139 Å². The molecule has 0 amide bonds. The van der Waals surface area contributed by atoms with Gasteiger partial charge in [-0.25, -0.2) is 4.79 Å². The quantitative estimate of drug-likeness (QED) is 0.762. The van der Waals surface area contributed by atoms with Gasteiger partial charge in [-0.05, 0) is 30.9 Å². The number of carbonyl (C=O) groups excluding carboxylic acids is 1. The lowest BCUT2D eigenvalue weighted by Crippen LogP contribution is -2.35. The predicted octanol–water partition coefficient (Wildman–Crippen LogP) is 4.31. The molecule has 1 saturated heterocycles. The fraction of sp³-hybridized carbons (Fsp3) is 0.632. The van der Waals surface area contributed by atoms with Crippen molar-refractivity contribution in [3.63, 3.8) is 0 Å². The Kier molecular flexibility index (Phi) is 6.19. The Morgan fingerprint density at radius 3 is 2.39 bits per heavy atom. The zero-order valence-corrected chi connectivity index (χ0v) is 14.6. The van der Waals surface area contributed by atoms with Crippen molar-refractivity contribution in [2.45, 2.75) is 70.9 Å². The molecule has 1 aliphatic heterocycles. The largest absolute Gasteiger partial charge is 0.467 e. The number of esters is 1. The third-order valence-corrected chi connectivity index (χ3v) is 4.50. The molecule has 1 aromatic rings. The lowest BCUT2D eigenvalue weighted by Gasteiger charge is -2.31. The molecule has 0 bridgehead atoms. The van der Waals surface area contributed by atoms with Gasteiger partial charge in [-0.2, -0.15) is 0 Å². The molecule has 0 N–H and O–H groups in total. The van der Waals surface area contributed by atoms with Crippen molar-refractivity contribution in [3.05, 3.63) is 35.4 Å². The summed E-state index contributed by atoms with van der Waals surface area (Å²) in [6, 6.07) is 7.98. The van der Waals surface area contributed by atoms with Crippen LogP contribution < -0.4 is 0 Å². The first kappa shape index (κ1) is 18.0. The van der Waals surface area contributed by atoms with Crippen LogP contribution in [0.4, 0.5) is 0 Å². The highest BCUT2D eigenvalue weighted by molar-refractivity contribution is 5.76. The average molecular weight is 320 g/mol. The molecule has 3 rings (SSSR count). The molecule has 1 spiro atoms. The third kappa shape index (κ3) is 3.75. The van der Waals surface area contributed by atoms with E-state index in [9.17, 15) is 4.79 Å². The first-order chi connectivity index (χ1) is 11.2. The highest BCUT2D eigenvalue weighted by Gasteiger charge is 2.52. The van der Waals surface area contributed by atoms with Crippen molar-refractivity contribution in [2.24, 2.45) is 0 Å². The molecular weight excluding hydrogens is 292 g/mol. The van der Waals surface area contributed by atoms with Gasteiger partial charge in [0, 0.05) is 12.8 Å². The van der Waals surface area contributed by atoms with E-state index in [0.717, 1.165) is 36.8 Å². The minimum absolute atomic E-state index is 0.356. The van der Waals surface area contributed by atoms with Gasteiger partial charge in [-0.3, -0.25) is 0 Å². The van der Waals surface area contributed by atoms with Crippen LogP contribution in [0.5, 0.6) is 0 Å². The maximum Gasteiger partial charge on any atom is 0.338 e. The summed E-state index contributed by atoms with van der Waals surface area (Å²) in [4.78, 5) is 12.1. The number of carbonyl (C=O) groups is 1. The summed E-state index contributed by atoms with van der Waals surface area (Å²) >= 11 is 0. The molecule has 2 aliphatic rings. The van der Waals surface area contributed by atoms with Gasteiger partial charge in [0.2, 0.25) is 0 Å². The topological polar surface area (TPSA) is 44.8 Å². The normalized spacial score (nSPS) is 25.6. The minimum atomic E-state index is -0.672. The number of hydrogen-bond donors (Lipinski definition) is 0. The van der Waals surface area contributed by atoms with Gasteiger partial charge in [-0.15, -0.1) is 0 Å². The molecule has 4 heteroatoms. The monoisotopic (exact) mass is 320 g/mol. The maximum atomic E-state index is 12.1. The van der Waals surface area contributed by atoms with E-state index >= 15 is 0 Å². The van der Waals surface area contributed by atoms with E-state index < -0.39 is 11.9 Å². The molecular formula is C19H28O4. The molecule has 1 aromatic carbocycles. The lowest BCUT2D eigenvalue weighted by molar-refractivity contribution is -0.199. The van der Waals surface area contributed by atoms with E-state index in [2.05, 4.69) is 0 Å². The van der Waals surface area contributed by atoms with Gasteiger partial charge in [0.1, 0.15) is 6.10 Å². The van der Waals surface area contributed by atoms with Crippen molar-refractivity contribution in [2.75, 3.05) is 7.11 Å². The third-order valence-electron chi connectivity index (χ3n) is 4.50. The van der Waals surface area contributed by atoms with Crippen molar-refractivity contribution in [3.8, 4) is 0 Å². The van der Waals surface area contributed by atoms with Crippen LogP contribution >= 0.6 is 0 Å². The summed E-state index contributed by atoms with van der Waals surface area (Å²) < 4.78 is 17.3. The van der Waals surface area contributed by atoms with E-state index in [1.807, 2.05) is 45.0 Å². The van der Waals surface area contributed by atoms with Crippen LogP contribution in [-0.4, -0.2) is 25.0 Å². The fourth-order valence-corrected chi connectivity index (χ4v) is 3.36. The maximum absolute atomic E-state index is 12.1. The molecule has 2 fully saturated rings. The molecule has 23 heavy (non-hydrogen) atoms. The van der Waals surface area contributed by atoms with E-state index in [-0.39, 0.29) is 12.1 Å². The zero-order chi connectivity index (χ0) is 16.9. The van der Waals surface area contributed by atoms with Gasteiger partial charge < -0.3 is 14.2 Å². The van der Waals surface area contributed by atoms with Crippen molar-refractivity contribution in [1.29, 1.82) is 0 Å². The summed E-state index contributed by atoms with van der Waals surface area (Å²) in [5, 5.41) is 0. The molecule has 0 aromatic heterocycles. The summed E-state index contributed by atoms with van der Waals surface area (Å²) in [6.07, 6.45) is 4.01. The Morgan fingerprint density at radius 2 is 1.78 bits per heavy atom. The second-order valence-corrected chi connectivity index (χ2v) is 5.93. The number of aryl methyl sites for hydroxylation is 1. The summed E-state index contributed by atoms with van der Waals surface area (Å²) in [7, 11) is 1.40. The fourth-order valence-electron chi connectivity index (χ4n) is 3.36. The van der Waals surface area contributed by atoms with Crippen LogP contribution in [-0.2, 0) is 19.0 Å². The number of rotatable bonds is 2. The van der Waals surface area contributed by atoms with Crippen LogP contribution in [0, 0.1) is 6.92 Å². The minimum Gasteiger partial charge on any atom is -0.467 e. The average Bonchev–Trinajstić information content (AvgIpc) is 2.96. The highest BCUT2D eigenvalue weighted by Crippen LogP contribution is 2.46. The van der Waals surface area contributed by atoms with Crippen LogP contribution in [0.25, 0.3) is 0 Å². The second-order valence-electron chi connectivity index (χ2n) is 5.93. The first-order valence-corrected chi connectivity index (χ1v) is 8.64. The second kappa shape index (κ2) is 7.93. The van der Waals surface area contributed by atoms with Crippen LogP contribution in [0.15, 0.2) is 24.3 Å². The van der Waals surface area contributed by atoms with Crippen LogP contribution in [0.3, 0.4) is 0 Å². The summed E-state index contributed by atoms with van der Waals surface area (Å²) in [5.41, 5.74) is 2.11.